The number of non-ortho nitro benzene ring substituents is 1. The first kappa shape index (κ1) is 19.3. The molecule has 0 radical (unpaired) electrons. The summed E-state index contributed by atoms with van der Waals surface area (Å²) >= 11 is 0. The predicted molar refractivity (Wildman–Crippen MR) is 105 cm³/mol. The summed E-state index contributed by atoms with van der Waals surface area (Å²) < 4.78 is 40.2. The quantitative estimate of drug-likeness (QED) is 0.514. The van der Waals surface area contributed by atoms with Gasteiger partial charge in [0.1, 0.15) is 5.82 Å². The van der Waals surface area contributed by atoms with E-state index in [0.717, 1.165) is 12.1 Å². The van der Waals surface area contributed by atoms with Gasteiger partial charge >= 0.3 is 0 Å². The zero-order valence-corrected chi connectivity index (χ0v) is 16.1. The molecule has 3 aromatic rings. The van der Waals surface area contributed by atoms with E-state index in [2.05, 4.69) is 9.97 Å². The van der Waals surface area contributed by atoms with Gasteiger partial charge in [-0.05, 0) is 36.8 Å². The molecular weight excluding hydrogens is 401 g/mol. The van der Waals surface area contributed by atoms with Crippen LogP contribution < -0.4 is 4.90 Å². The number of aromatic amines is 1. The fourth-order valence-electron chi connectivity index (χ4n) is 3.35. The molecule has 2 aromatic carbocycles. The highest BCUT2D eigenvalue weighted by Crippen LogP contribution is 2.24. The van der Waals surface area contributed by atoms with Crippen LogP contribution in [0.4, 0.5) is 16.0 Å². The Hall–Kier alpha value is -3.05. The van der Waals surface area contributed by atoms with Gasteiger partial charge in [0, 0.05) is 38.3 Å². The Bertz CT molecular complexity index is 1160. The summed E-state index contributed by atoms with van der Waals surface area (Å²) in [6.45, 7) is 1.57. The van der Waals surface area contributed by atoms with Crippen LogP contribution in [0.3, 0.4) is 0 Å². The molecule has 152 valence electrons. The minimum Gasteiger partial charge on any atom is -0.341 e. The van der Waals surface area contributed by atoms with Gasteiger partial charge in [-0.1, -0.05) is 0 Å². The van der Waals surface area contributed by atoms with Crippen molar-refractivity contribution in [3.8, 4) is 0 Å². The molecule has 0 bridgehead atoms. The lowest BCUT2D eigenvalue weighted by Gasteiger charge is -2.21. The average Bonchev–Trinajstić information content (AvgIpc) is 2.95. The smallest absolute Gasteiger partial charge is 0.271 e. The first-order chi connectivity index (χ1) is 13.8. The van der Waals surface area contributed by atoms with Crippen molar-refractivity contribution in [2.24, 2.45) is 0 Å². The number of hydrogen-bond donors (Lipinski definition) is 1. The lowest BCUT2D eigenvalue weighted by atomic mass is 10.3. The topological polar surface area (TPSA) is 112 Å². The first-order valence-corrected chi connectivity index (χ1v) is 10.4. The van der Waals surface area contributed by atoms with Gasteiger partial charge < -0.3 is 9.88 Å². The molecule has 1 fully saturated rings. The van der Waals surface area contributed by atoms with Crippen LogP contribution in [-0.2, 0) is 10.0 Å². The van der Waals surface area contributed by atoms with Gasteiger partial charge in [-0.3, -0.25) is 10.1 Å². The van der Waals surface area contributed by atoms with Crippen LogP contribution in [0.1, 0.15) is 6.42 Å². The number of anilines is 1. The molecule has 9 nitrogen and oxygen atoms in total. The molecule has 0 aliphatic carbocycles. The van der Waals surface area contributed by atoms with E-state index in [0.29, 0.717) is 43.0 Å². The number of aromatic nitrogens is 2. The number of hydrogen-bond acceptors (Lipinski definition) is 6. The third-order valence-corrected chi connectivity index (χ3v) is 6.78. The third kappa shape index (κ3) is 3.78. The monoisotopic (exact) mass is 419 g/mol. The Kier molecular flexibility index (Phi) is 4.92. The summed E-state index contributed by atoms with van der Waals surface area (Å²) in [6, 6.07) is 9.19. The molecule has 1 aliphatic rings. The number of sulfonamides is 1. The number of benzene rings is 2. The number of imidazole rings is 1. The Morgan fingerprint density at radius 2 is 1.83 bits per heavy atom. The van der Waals surface area contributed by atoms with Crippen LogP contribution in [0.5, 0.6) is 0 Å². The van der Waals surface area contributed by atoms with Gasteiger partial charge in [0.2, 0.25) is 16.0 Å². The summed E-state index contributed by atoms with van der Waals surface area (Å²) in [5.41, 5.74) is 1.13. The zero-order valence-electron chi connectivity index (χ0n) is 15.3. The molecular formula is C18H18FN5O4S. The van der Waals surface area contributed by atoms with Crippen molar-refractivity contribution < 1.29 is 17.7 Å². The van der Waals surface area contributed by atoms with Crippen molar-refractivity contribution in [2.45, 2.75) is 11.3 Å². The van der Waals surface area contributed by atoms with Crippen molar-refractivity contribution in [1.29, 1.82) is 0 Å². The van der Waals surface area contributed by atoms with Crippen molar-refractivity contribution >= 4 is 32.7 Å². The van der Waals surface area contributed by atoms with Crippen LogP contribution >= 0.6 is 0 Å². The minimum atomic E-state index is -3.71. The number of nitrogens with one attached hydrogen (secondary N) is 1. The van der Waals surface area contributed by atoms with E-state index < -0.39 is 20.8 Å². The number of nitrogens with zero attached hydrogens (tertiary/aromatic N) is 4. The lowest BCUT2D eigenvalue weighted by Crippen LogP contribution is -2.35. The van der Waals surface area contributed by atoms with E-state index in [1.165, 1.54) is 28.6 Å². The molecule has 1 saturated heterocycles. The van der Waals surface area contributed by atoms with E-state index in [4.69, 9.17) is 0 Å². The molecule has 0 unspecified atom stereocenters. The van der Waals surface area contributed by atoms with Gasteiger partial charge in [0.05, 0.1) is 20.9 Å². The van der Waals surface area contributed by atoms with Crippen molar-refractivity contribution in [1.82, 2.24) is 14.3 Å². The third-order valence-electron chi connectivity index (χ3n) is 4.87. The molecule has 2 heterocycles. The zero-order chi connectivity index (χ0) is 20.6. The maximum atomic E-state index is 13.1. The fraction of sp³-hybridized carbons (Fsp3) is 0.278. The molecule has 0 saturated carbocycles. The number of halogens is 1. The van der Waals surface area contributed by atoms with Gasteiger partial charge in [-0.25, -0.2) is 17.8 Å². The molecule has 0 spiro atoms. The van der Waals surface area contributed by atoms with Crippen molar-refractivity contribution in [3.05, 3.63) is 58.4 Å². The number of H-pyrrole nitrogens is 1. The second-order valence-electron chi connectivity index (χ2n) is 6.72. The Morgan fingerprint density at radius 3 is 2.55 bits per heavy atom. The van der Waals surface area contributed by atoms with Crippen LogP contribution in [0.2, 0.25) is 0 Å². The normalized spacial score (nSPS) is 16.1. The molecule has 1 aromatic heterocycles. The van der Waals surface area contributed by atoms with E-state index in [1.807, 2.05) is 4.90 Å². The standard InChI is InChI=1S/C18H18FN5O4S/c19-13-2-5-15(6-3-13)29(27,28)23-9-1-8-22(10-11-23)18-20-16-7-4-14(24(25)26)12-17(16)21-18/h2-7,12H,1,8-11H2,(H,20,21). The maximum absolute atomic E-state index is 13.1. The van der Waals surface area contributed by atoms with Crippen LogP contribution in [-0.4, -0.2) is 53.8 Å². The first-order valence-electron chi connectivity index (χ1n) is 8.99. The molecule has 0 amide bonds. The summed E-state index contributed by atoms with van der Waals surface area (Å²) in [5, 5.41) is 10.9. The number of fused-ring (bicyclic) bond motifs is 1. The Balaban J connectivity index is 1.53. The molecule has 1 N–H and O–H groups in total. The molecule has 11 heteroatoms. The lowest BCUT2D eigenvalue weighted by molar-refractivity contribution is -0.384. The van der Waals surface area contributed by atoms with Crippen molar-refractivity contribution in [2.75, 3.05) is 31.1 Å². The van der Waals surface area contributed by atoms with E-state index in [-0.39, 0.29) is 17.1 Å². The summed E-state index contributed by atoms with van der Waals surface area (Å²) in [4.78, 5) is 20.0. The van der Waals surface area contributed by atoms with Crippen molar-refractivity contribution in [3.63, 3.8) is 0 Å². The van der Waals surface area contributed by atoms with Gasteiger partial charge in [-0.15, -0.1) is 0 Å². The second kappa shape index (κ2) is 7.41. The Morgan fingerprint density at radius 1 is 1.07 bits per heavy atom. The van der Waals surface area contributed by atoms with Gasteiger partial charge in [0.25, 0.3) is 5.69 Å². The average molecular weight is 419 g/mol. The summed E-state index contributed by atoms with van der Waals surface area (Å²) in [5.74, 6) is 0.0534. The van der Waals surface area contributed by atoms with Crippen LogP contribution in [0.25, 0.3) is 11.0 Å². The highest BCUT2D eigenvalue weighted by molar-refractivity contribution is 7.89. The van der Waals surface area contributed by atoms with E-state index >= 15 is 0 Å². The van der Waals surface area contributed by atoms with E-state index in [1.54, 1.807) is 6.07 Å². The van der Waals surface area contributed by atoms with Crippen LogP contribution in [0.15, 0.2) is 47.4 Å². The number of rotatable bonds is 4. The largest absolute Gasteiger partial charge is 0.341 e. The minimum absolute atomic E-state index is 0.0277. The Labute approximate surface area is 166 Å². The SMILES string of the molecule is O=[N+]([O-])c1ccc2nc(N3CCCN(S(=O)(=O)c4ccc(F)cc4)CC3)[nH]c2c1. The molecule has 29 heavy (non-hydrogen) atoms. The molecule has 1 aliphatic heterocycles. The fourth-order valence-corrected chi connectivity index (χ4v) is 4.82. The molecule has 0 atom stereocenters. The van der Waals surface area contributed by atoms with Gasteiger partial charge in [0.15, 0.2) is 0 Å². The van der Waals surface area contributed by atoms with E-state index in [9.17, 15) is 22.9 Å². The number of nitro benzene ring substituents is 1. The summed E-state index contributed by atoms with van der Waals surface area (Å²) in [6.07, 6.45) is 0.581. The number of nitro groups is 1. The van der Waals surface area contributed by atoms with Gasteiger partial charge in [-0.2, -0.15) is 4.31 Å². The molecule has 4 rings (SSSR count). The predicted octanol–water partition coefficient (Wildman–Crippen LogP) is 2.51. The maximum Gasteiger partial charge on any atom is 0.271 e. The highest BCUT2D eigenvalue weighted by Gasteiger charge is 2.27. The van der Waals surface area contributed by atoms with Crippen LogP contribution in [0, 0.1) is 15.9 Å². The summed E-state index contributed by atoms with van der Waals surface area (Å²) in [7, 11) is -3.71. The second-order valence-corrected chi connectivity index (χ2v) is 8.66. The highest BCUT2D eigenvalue weighted by atomic mass is 32.2.